The zero-order valence-electron chi connectivity index (χ0n) is 23.6. The maximum Gasteiger partial charge on any atom is 0.225 e. The first-order chi connectivity index (χ1) is 19.8. The minimum Gasteiger partial charge on any atom is -0.491 e. The van der Waals surface area contributed by atoms with E-state index < -0.39 is 6.10 Å². The lowest BCUT2D eigenvalue weighted by atomic mass is 10.0. The van der Waals surface area contributed by atoms with E-state index in [1.165, 1.54) is 6.42 Å². The van der Waals surface area contributed by atoms with Crippen LogP contribution in [0.2, 0.25) is 5.02 Å². The summed E-state index contributed by atoms with van der Waals surface area (Å²) in [6.45, 7) is 9.60. The lowest BCUT2D eigenvalue weighted by Gasteiger charge is -2.30. The number of anilines is 2. The van der Waals surface area contributed by atoms with E-state index in [-0.39, 0.29) is 6.61 Å². The first-order valence-electron chi connectivity index (χ1n) is 13.7. The molecule has 0 aliphatic carbocycles. The van der Waals surface area contributed by atoms with Crippen LogP contribution in [0.15, 0.2) is 28.9 Å². The van der Waals surface area contributed by atoms with Crippen molar-refractivity contribution in [3.63, 3.8) is 0 Å². The number of rotatable bonds is 9. The van der Waals surface area contributed by atoms with Gasteiger partial charge in [-0.3, -0.25) is 0 Å². The number of aromatic nitrogens is 5. The molecule has 6 rings (SSSR count). The normalized spacial score (nSPS) is 15.2. The van der Waals surface area contributed by atoms with Crippen LogP contribution in [-0.4, -0.2) is 69.6 Å². The summed E-state index contributed by atoms with van der Waals surface area (Å²) >= 11 is 6.71. The molecule has 4 aromatic rings. The fourth-order valence-electron chi connectivity index (χ4n) is 5.21. The van der Waals surface area contributed by atoms with Gasteiger partial charge in [0.2, 0.25) is 5.95 Å². The van der Waals surface area contributed by atoms with Crippen molar-refractivity contribution >= 4 is 23.4 Å². The summed E-state index contributed by atoms with van der Waals surface area (Å²) in [6, 6.07) is 5.34. The number of aliphatic hydroxyl groups is 1. The highest BCUT2D eigenvalue weighted by molar-refractivity contribution is 6.33. The quantitative estimate of drug-likeness (QED) is 0.302. The van der Waals surface area contributed by atoms with Gasteiger partial charge in [-0.05, 0) is 52.4 Å². The number of hydrogen-bond donors (Lipinski definition) is 2. The van der Waals surface area contributed by atoms with Crippen molar-refractivity contribution in [1.82, 2.24) is 30.4 Å². The maximum absolute atomic E-state index is 10.1. The van der Waals surface area contributed by atoms with E-state index in [0.29, 0.717) is 47.6 Å². The predicted molar refractivity (Wildman–Crippen MR) is 156 cm³/mol. The van der Waals surface area contributed by atoms with Crippen molar-refractivity contribution < 1.29 is 14.4 Å². The highest BCUT2D eigenvalue weighted by atomic mass is 35.5. The molecule has 11 nitrogen and oxygen atoms in total. The molecular formula is C29H33ClN8O3. The Morgan fingerprint density at radius 1 is 1.12 bits per heavy atom. The van der Waals surface area contributed by atoms with Gasteiger partial charge in [-0.15, -0.1) is 0 Å². The van der Waals surface area contributed by atoms with Gasteiger partial charge in [-0.1, -0.05) is 16.8 Å². The summed E-state index contributed by atoms with van der Waals surface area (Å²) in [5, 5.41) is 17.7. The Morgan fingerprint density at radius 3 is 2.66 bits per heavy atom. The molecule has 5 heterocycles. The van der Waals surface area contributed by atoms with Gasteiger partial charge in [-0.25, -0.2) is 19.9 Å². The van der Waals surface area contributed by atoms with E-state index >= 15 is 0 Å². The number of hydrogen-bond acceptors (Lipinski definition) is 11. The molecule has 0 spiro atoms. The van der Waals surface area contributed by atoms with Gasteiger partial charge in [0, 0.05) is 49.1 Å². The first-order valence-corrected chi connectivity index (χ1v) is 14.1. The summed E-state index contributed by atoms with van der Waals surface area (Å²) in [5.74, 6) is 3.26. The van der Waals surface area contributed by atoms with Crippen LogP contribution in [0, 0.1) is 20.8 Å². The molecule has 1 aromatic carbocycles. The monoisotopic (exact) mass is 576 g/mol. The molecule has 2 N–H and O–H groups in total. The topological polar surface area (TPSA) is 126 Å². The molecule has 12 heteroatoms. The van der Waals surface area contributed by atoms with Crippen LogP contribution in [0.3, 0.4) is 0 Å². The van der Waals surface area contributed by atoms with Gasteiger partial charge in [0.15, 0.2) is 5.82 Å². The minimum absolute atomic E-state index is 0.138. The lowest BCUT2D eigenvalue weighted by Crippen LogP contribution is -2.38. The van der Waals surface area contributed by atoms with Crippen LogP contribution < -0.4 is 19.9 Å². The molecular weight excluding hydrogens is 544 g/mol. The zero-order valence-corrected chi connectivity index (χ0v) is 24.4. The number of nitrogens with zero attached hydrogens (tertiary/aromatic N) is 7. The van der Waals surface area contributed by atoms with Gasteiger partial charge in [0.25, 0.3) is 0 Å². The number of fused-ring (bicyclic) bond motifs is 1. The lowest BCUT2D eigenvalue weighted by molar-refractivity contribution is 0.108. The second kappa shape index (κ2) is 11.2. The Labute approximate surface area is 243 Å². The van der Waals surface area contributed by atoms with Gasteiger partial charge >= 0.3 is 0 Å². The average Bonchev–Trinajstić information content (AvgIpc) is 3.49. The van der Waals surface area contributed by atoms with E-state index in [2.05, 4.69) is 25.3 Å². The van der Waals surface area contributed by atoms with Crippen molar-refractivity contribution in [1.29, 1.82) is 0 Å². The molecule has 0 bridgehead atoms. The number of halogens is 1. The Morgan fingerprint density at radius 2 is 1.95 bits per heavy atom. The molecule has 2 aliphatic heterocycles. The number of aryl methyl sites for hydroxylation is 2. The predicted octanol–water partition coefficient (Wildman–Crippen LogP) is 3.86. The van der Waals surface area contributed by atoms with Crippen molar-refractivity contribution in [2.75, 3.05) is 43.1 Å². The summed E-state index contributed by atoms with van der Waals surface area (Å²) in [5.41, 5.74) is 5.94. The summed E-state index contributed by atoms with van der Waals surface area (Å²) in [6.07, 6.45) is 2.46. The van der Waals surface area contributed by atoms with Crippen LogP contribution in [0.4, 0.5) is 11.8 Å². The Bertz CT molecular complexity index is 1570. The molecule has 3 aromatic heterocycles. The smallest absolute Gasteiger partial charge is 0.225 e. The zero-order chi connectivity index (χ0) is 28.7. The van der Waals surface area contributed by atoms with Gasteiger partial charge in [0.05, 0.1) is 34.2 Å². The molecule has 0 amide bonds. The van der Waals surface area contributed by atoms with Crippen molar-refractivity contribution in [3.8, 4) is 28.4 Å². The molecule has 2 aliphatic rings. The Kier molecular flexibility index (Phi) is 7.50. The summed E-state index contributed by atoms with van der Waals surface area (Å²) in [7, 11) is 1.78. The molecule has 0 radical (unpaired) electrons. The third-order valence-electron chi connectivity index (χ3n) is 7.53. The van der Waals surface area contributed by atoms with Crippen LogP contribution in [0.5, 0.6) is 5.75 Å². The molecule has 1 unspecified atom stereocenters. The molecule has 41 heavy (non-hydrogen) atoms. The SMILES string of the molecule is CNCC(O)COc1ccc(Cl)c(-c2nc(-c3c(C)noc3C)c(C)c(N3Cc4cnc(N5CCC5)nc4C3)n2)c1. The molecule has 0 saturated carbocycles. The number of likely N-dealkylation sites (N-methyl/N-ethyl adjacent to an activating group) is 1. The Hall–Kier alpha value is -3.80. The van der Waals surface area contributed by atoms with Gasteiger partial charge < -0.3 is 29.5 Å². The Balaban J connectivity index is 1.40. The van der Waals surface area contributed by atoms with Crippen LogP contribution in [0.25, 0.3) is 22.6 Å². The summed E-state index contributed by atoms with van der Waals surface area (Å²) in [4.78, 5) is 23.9. The average molecular weight is 577 g/mol. The van der Waals surface area contributed by atoms with Gasteiger partial charge in [0.1, 0.15) is 30.0 Å². The largest absolute Gasteiger partial charge is 0.491 e. The van der Waals surface area contributed by atoms with E-state index in [4.69, 9.17) is 35.8 Å². The van der Waals surface area contributed by atoms with Crippen LogP contribution >= 0.6 is 11.6 Å². The van der Waals surface area contributed by atoms with Gasteiger partial charge in [-0.2, -0.15) is 0 Å². The molecule has 1 atom stereocenters. The molecule has 1 saturated heterocycles. The molecule has 1 fully saturated rings. The standard InChI is InChI=1S/C29H33ClN8O3/c1-16-26(25-17(2)36-41-18(25)3)34-27(22-10-21(6-7-23(22)30)40-15-20(39)12-31-4)35-28(16)38-13-19-11-32-29(33-24(19)14-38)37-8-5-9-37/h6-7,10-11,20,31,39H,5,8-9,12-15H2,1-4H3. The summed E-state index contributed by atoms with van der Waals surface area (Å²) < 4.78 is 11.4. The minimum atomic E-state index is -0.644. The van der Waals surface area contributed by atoms with E-state index in [1.807, 2.05) is 33.0 Å². The first kappa shape index (κ1) is 27.4. The fourth-order valence-corrected chi connectivity index (χ4v) is 5.41. The van der Waals surface area contributed by atoms with Crippen molar-refractivity contribution in [2.45, 2.75) is 46.4 Å². The van der Waals surface area contributed by atoms with Crippen LogP contribution in [0.1, 0.15) is 34.7 Å². The number of benzene rings is 1. The third-order valence-corrected chi connectivity index (χ3v) is 7.86. The second-order valence-electron chi connectivity index (χ2n) is 10.5. The number of ether oxygens (including phenoxy) is 1. The van der Waals surface area contributed by atoms with Crippen molar-refractivity contribution in [3.05, 3.63) is 57.7 Å². The van der Waals surface area contributed by atoms with E-state index in [0.717, 1.165) is 58.6 Å². The second-order valence-corrected chi connectivity index (χ2v) is 11.0. The van der Waals surface area contributed by atoms with E-state index in [9.17, 15) is 5.11 Å². The third kappa shape index (κ3) is 5.32. The maximum atomic E-state index is 10.1. The number of nitrogens with one attached hydrogen (secondary N) is 1. The fraction of sp³-hybridized carbons (Fsp3) is 0.414. The van der Waals surface area contributed by atoms with Crippen LogP contribution in [-0.2, 0) is 13.1 Å². The van der Waals surface area contributed by atoms with E-state index in [1.54, 1.807) is 19.2 Å². The highest BCUT2D eigenvalue weighted by Gasteiger charge is 2.29. The van der Waals surface area contributed by atoms with Crippen molar-refractivity contribution in [2.24, 2.45) is 0 Å². The highest BCUT2D eigenvalue weighted by Crippen LogP contribution is 2.39. The number of aliphatic hydroxyl groups excluding tert-OH is 1. The molecule has 214 valence electrons.